The van der Waals surface area contributed by atoms with Gasteiger partial charge < -0.3 is 5.73 Å². The van der Waals surface area contributed by atoms with Gasteiger partial charge in [-0.2, -0.15) is 5.26 Å². The van der Waals surface area contributed by atoms with Gasteiger partial charge in [0.2, 0.25) is 0 Å². The Morgan fingerprint density at radius 1 is 1.47 bits per heavy atom. The molecule has 3 N–H and O–H groups in total. The van der Waals surface area contributed by atoms with Crippen molar-refractivity contribution >= 4 is 46.2 Å². The largest absolute Gasteiger partial charge is 0.441 e. The number of nitrogens with zero attached hydrogens (tertiary/aromatic N) is 4. The zero-order valence-corrected chi connectivity index (χ0v) is 18.0. The summed E-state index contributed by atoms with van der Waals surface area (Å²) in [6.07, 6.45) is 1.72. The van der Waals surface area contributed by atoms with Crippen LogP contribution in [-0.2, 0) is 4.89 Å². The molecule has 1 aliphatic heterocycles. The summed E-state index contributed by atoms with van der Waals surface area (Å²) < 4.78 is 14.8. The molecule has 11 heteroatoms. The van der Waals surface area contributed by atoms with E-state index in [0.717, 1.165) is 25.0 Å². The van der Waals surface area contributed by atoms with E-state index in [-0.39, 0.29) is 45.8 Å². The third-order valence-electron chi connectivity index (χ3n) is 6.92. The molecule has 0 radical (unpaired) electrons. The predicted octanol–water partition coefficient (Wildman–Crippen LogP) is 4.08. The molecule has 1 spiro atoms. The Morgan fingerprint density at radius 2 is 2.23 bits per heavy atom. The number of hydrogen-bond donors (Lipinski definition) is 2. The number of rotatable bonds is 6. The fraction of sp³-hybridized carbons (Fsp3) is 0.579. The van der Waals surface area contributed by atoms with Crippen molar-refractivity contribution in [1.29, 1.82) is 0 Å². The van der Waals surface area contributed by atoms with Crippen LogP contribution in [0.1, 0.15) is 44.7 Å². The minimum absolute atomic E-state index is 0.0422. The first-order valence-electron chi connectivity index (χ1n) is 9.97. The number of anilines is 1. The Kier molecular flexibility index (Phi) is 4.53. The van der Waals surface area contributed by atoms with Gasteiger partial charge in [0.15, 0.2) is 16.1 Å². The first-order chi connectivity index (χ1) is 14.4. The lowest BCUT2D eigenvalue weighted by Crippen LogP contribution is -2.44. The summed E-state index contributed by atoms with van der Waals surface area (Å²) in [6, 6.07) is 0.229. The number of likely N-dealkylation sites (tertiary alicyclic amines) is 1. The van der Waals surface area contributed by atoms with Gasteiger partial charge in [-0.1, -0.05) is 37.2 Å². The molecule has 2 aliphatic carbocycles. The summed E-state index contributed by atoms with van der Waals surface area (Å²) in [6.45, 7) is 3.98. The Balaban J connectivity index is 1.49. The van der Waals surface area contributed by atoms with E-state index >= 15 is 0 Å². The number of thioether (sulfide) groups is 1. The summed E-state index contributed by atoms with van der Waals surface area (Å²) >= 11 is 7.50. The number of fused-ring (bicyclic) bond motifs is 1. The topological polar surface area (TPSA) is 114 Å². The molecular formula is C19H21ClFN5O3S. The van der Waals surface area contributed by atoms with E-state index in [2.05, 4.69) is 19.8 Å². The molecule has 3 heterocycles. The molecule has 3 fully saturated rings. The molecule has 2 saturated carbocycles. The summed E-state index contributed by atoms with van der Waals surface area (Å²) in [5.74, 6) is 0.471. The van der Waals surface area contributed by atoms with Gasteiger partial charge in [0, 0.05) is 23.4 Å². The van der Waals surface area contributed by atoms with Gasteiger partial charge >= 0.3 is 6.09 Å². The normalized spacial score (nSPS) is 29.1. The van der Waals surface area contributed by atoms with Crippen molar-refractivity contribution in [3.63, 3.8) is 0 Å². The quantitative estimate of drug-likeness (QED) is 0.221. The Hall–Kier alpha value is -1.91. The molecule has 160 valence electrons. The first kappa shape index (κ1) is 20.0. The molecule has 30 heavy (non-hydrogen) atoms. The molecule has 8 nitrogen and oxygen atoms in total. The fourth-order valence-electron chi connectivity index (χ4n) is 5.51. The highest BCUT2D eigenvalue weighted by atomic mass is 35.5. The third kappa shape index (κ3) is 2.56. The van der Waals surface area contributed by atoms with Crippen molar-refractivity contribution in [2.45, 2.75) is 56.3 Å². The molecule has 0 aromatic carbocycles. The molecule has 1 unspecified atom stereocenters. The molecule has 5 rings (SSSR count). The molecule has 0 bridgehead atoms. The molecule has 2 aromatic rings. The van der Waals surface area contributed by atoms with Gasteiger partial charge in [-0.05, 0) is 30.9 Å². The highest BCUT2D eigenvalue weighted by molar-refractivity contribution is 7.99. The van der Waals surface area contributed by atoms with Crippen LogP contribution in [-0.4, -0.2) is 49.0 Å². The van der Waals surface area contributed by atoms with E-state index in [9.17, 15) is 9.18 Å². The number of aromatic nitrogens is 3. The van der Waals surface area contributed by atoms with Gasteiger partial charge in [-0.3, -0.25) is 9.79 Å². The predicted molar refractivity (Wildman–Crippen MR) is 110 cm³/mol. The van der Waals surface area contributed by atoms with Gasteiger partial charge in [0.05, 0.1) is 11.1 Å². The average Bonchev–Trinajstić information content (AvgIpc) is 3.53. The van der Waals surface area contributed by atoms with E-state index < -0.39 is 11.9 Å². The zero-order chi connectivity index (χ0) is 21.4. The zero-order valence-electron chi connectivity index (χ0n) is 16.4. The number of pyridine rings is 1. The lowest BCUT2D eigenvalue weighted by atomic mass is 9.92. The first-order valence-corrected chi connectivity index (χ1v) is 11.3. The van der Waals surface area contributed by atoms with Crippen LogP contribution in [0.3, 0.4) is 0 Å². The fourth-order valence-corrected chi connectivity index (χ4v) is 6.27. The van der Waals surface area contributed by atoms with Crippen LogP contribution in [0.2, 0.25) is 5.15 Å². The van der Waals surface area contributed by atoms with Crippen molar-refractivity contribution in [1.82, 2.24) is 19.9 Å². The lowest BCUT2D eigenvalue weighted by Gasteiger charge is -2.26. The average molecular weight is 454 g/mol. The van der Waals surface area contributed by atoms with Crippen molar-refractivity contribution in [3.05, 3.63) is 16.7 Å². The summed E-state index contributed by atoms with van der Waals surface area (Å²) in [5, 5.41) is 9.30. The van der Waals surface area contributed by atoms with Crippen LogP contribution in [0.25, 0.3) is 10.9 Å². The number of carbonyl (C=O) groups excluding carboxylic acids is 1. The van der Waals surface area contributed by atoms with Crippen LogP contribution < -0.4 is 5.73 Å². The molecule has 2 aromatic heterocycles. The number of hydrogen-bond acceptors (Lipinski definition) is 8. The second kappa shape index (κ2) is 6.80. The third-order valence-corrected chi connectivity index (χ3v) is 7.90. The number of piperidine rings is 1. The number of halogens is 2. The summed E-state index contributed by atoms with van der Waals surface area (Å²) in [4.78, 5) is 30.3. The van der Waals surface area contributed by atoms with E-state index in [1.54, 1.807) is 4.90 Å². The second-order valence-electron chi connectivity index (χ2n) is 8.14. The van der Waals surface area contributed by atoms with Crippen molar-refractivity contribution in [2.75, 3.05) is 11.5 Å². The molecule has 5 atom stereocenters. The van der Waals surface area contributed by atoms with Gasteiger partial charge in [0.25, 0.3) is 0 Å². The van der Waals surface area contributed by atoms with E-state index in [0.29, 0.717) is 16.2 Å². The molecule has 1 amide bonds. The summed E-state index contributed by atoms with van der Waals surface area (Å²) in [5.41, 5.74) is 7.06. The Morgan fingerprint density at radius 3 is 2.90 bits per heavy atom. The summed E-state index contributed by atoms with van der Waals surface area (Å²) in [7, 11) is 0. The van der Waals surface area contributed by atoms with E-state index in [4.69, 9.17) is 22.6 Å². The van der Waals surface area contributed by atoms with Gasteiger partial charge in [-0.15, -0.1) is 0 Å². The molecule has 1 saturated heterocycles. The van der Waals surface area contributed by atoms with Crippen molar-refractivity contribution in [3.8, 4) is 0 Å². The van der Waals surface area contributed by atoms with Gasteiger partial charge in [0.1, 0.15) is 11.3 Å². The maximum Gasteiger partial charge on any atom is 0.441 e. The standard InChI is InChI=1S/C19H21ClFN5O3S/c1-3-7(5-8-14-19(8)6-9(19)26(14)18(27)29-28)12-10-13(11(21)15(20)23-12)24-17(30-4-2)25-16(10)22/h7-9,14,28H,3-6H2,1-2H3,(H2,22,24,25)/t7-,8-,9+,14-,19?/m1/s1. The lowest BCUT2D eigenvalue weighted by molar-refractivity contribution is -0.192. The molecular weight excluding hydrogens is 433 g/mol. The molecule has 3 aliphatic rings. The maximum atomic E-state index is 14.8. The monoisotopic (exact) mass is 453 g/mol. The highest BCUT2D eigenvalue weighted by Crippen LogP contribution is 2.84. The SMILES string of the molecule is CCSc1nc(N)c2c([C@H](CC)C[C@@H]3[C@H]4N(C(=O)OO)[C@H]5CC354)nc(Cl)c(F)c2n1. The van der Waals surface area contributed by atoms with Crippen LogP contribution in [0.15, 0.2) is 5.16 Å². The van der Waals surface area contributed by atoms with Crippen molar-refractivity contribution in [2.24, 2.45) is 11.3 Å². The van der Waals surface area contributed by atoms with Crippen LogP contribution in [0.4, 0.5) is 15.0 Å². The van der Waals surface area contributed by atoms with Crippen LogP contribution >= 0.6 is 23.4 Å². The number of nitrogens with two attached hydrogens (primary N) is 1. The smallest absolute Gasteiger partial charge is 0.383 e. The van der Waals surface area contributed by atoms with Crippen LogP contribution in [0, 0.1) is 17.2 Å². The maximum absolute atomic E-state index is 14.8. The minimum atomic E-state index is -0.694. The highest BCUT2D eigenvalue weighted by Gasteiger charge is 2.91. The number of carbonyl (C=O) groups is 1. The number of amides is 1. The van der Waals surface area contributed by atoms with E-state index in [1.165, 1.54) is 11.8 Å². The second-order valence-corrected chi connectivity index (χ2v) is 9.73. The number of nitrogen functional groups attached to an aromatic ring is 1. The van der Waals surface area contributed by atoms with Gasteiger partial charge in [-0.25, -0.2) is 24.1 Å². The Labute approximate surface area is 181 Å². The van der Waals surface area contributed by atoms with Crippen molar-refractivity contribution < 1.29 is 19.3 Å². The minimum Gasteiger partial charge on any atom is -0.383 e. The van der Waals surface area contributed by atoms with Crippen LogP contribution in [0.5, 0.6) is 0 Å². The van der Waals surface area contributed by atoms with E-state index in [1.807, 2.05) is 13.8 Å². The Bertz CT molecular complexity index is 1070.